The Hall–Kier alpha value is -2.56. The molecule has 0 spiro atoms. The molecule has 1 amide bonds. The summed E-state index contributed by atoms with van der Waals surface area (Å²) >= 11 is 0. The molecule has 1 aromatic carbocycles. The van der Waals surface area contributed by atoms with Crippen molar-refractivity contribution in [1.29, 1.82) is 0 Å². The first-order chi connectivity index (χ1) is 15.4. The first kappa shape index (κ1) is 22.6. The standard InChI is InChI=1S/C22H29N3O6S/c1-24(2)18(19-4-3-11-29-19)15-23-22(26)16-7-9-25(10-8-16)32(27,28)17-5-6-20-21(14-17)31-13-12-30-20/h3-6,11,14,16,18H,7-10,12-13,15H2,1-2H3,(H,23,26). The Bertz CT molecular complexity index is 1030. The summed E-state index contributed by atoms with van der Waals surface area (Å²) in [6.07, 6.45) is 2.57. The topological polar surface area (TPSA) is 101 Å². The van der Waals surface area contributed by atoms with Crippen molar-refractivity contribution in [3.63, 3.8) is 0 Å². The van der Waals surface area contributed by atoms with E-state index in [2.05, 4.69) is 5.32 Å². The van der Waals surface area contributed by atoms with Crippen LogP contribution in [-0.2, 0) is 14.8 Å². The molecule has 174 valence electrons. The molecule has 9 nitrogen and oxygen atoms in total. The highest BCUT2D eigenvalue weighted by Gasteiger charge is 2.33. The molecule has 0 radical (unpaired) electrons. The molecule has 2 aliphatic rings. The molecule has 4 rings (SSSR count). The zero-order valence-electron chi connectivity index (χ0n) is 18.3. The minimum Gasteiger partial charge on any atom is -0.486 e. The number of carbonyl (C=O) groups excluding carboxylic acids is 1. The van der Waals surface area contributed by atoms with E-state index in [1.165, 1.54) is 16.4 Å². The molecule has 0 aliphatic carbocycles. The Balaban J connectivity index is 1.33. The van der Waals surface area contributed by atoms with Crippen LogP contribution >= 0.6 is 0 Å². The van der Waals surface area contributed by atoms with E-state index in [1.54, 1.807) is 12.3 Å². The number of sulfonamides is 1. The summed E-state index contributed by atoms with van der Waals surface area (Å²) in [5.74, 6) is 1.51. The predicted octanol–water partition coefficient (Wildman–Crippen LogP) is 1.87. The molecule has 1 fully saturated rings. The fourth-order valence-electron chi connectivity index (χ4n) is 4.05. The predicted molar refractivity (Wildman–Crippen MR) is 117 cm³/mol. The van der Waals surface area contributed by atoms with Gasteiger partial charge in [-0.15, -0.1) is 0 Å². The van der Waals surface area contributed by atoms with Gasteiger partial charge in [-0.25, -0.2) is 8.42 Å². The molecule has 0 bridgehead atoms. The van der Waals surface area contributed by atoms with Gasteiger partial charge < -0.3 is 19.2 Å². The summed E-state index contributed by atoms with van der Waals surface area (Å²) in [6, 6.07) is 8.33. The molecule has 3 heterocycles. The Kier molecular flexibility index (Phi) is 6.73. The van der Waals surface area contributed by atoms with Crippen LogP contribution in [-0.4, -0.2) is 70.5 Å². The molecule has 1 saturated heterocycles. The lowest BCUT2D eigenvalue weighted by molar-refractivity contribution is -0.126. The van der Waals surface area contributed by atoms with Crippen LogP contribution in [0.4, 0.5) is 0 Å². The molecule has 1 aromatic heterocycles. The van der Waals surface area contributed by atoms with Crippen molar-refractivity contribution in [3.8, 4) is 11.5 Å². The number of piperidine rings is 1. The third-order valence-electron chi connectivity index (χ3n) is 5.94. The molecule has 1 N–H and O–H groups in total. The van der Waals surface area contributed by atoms with Crippen molar-refractivity contribution in [3.05, 3.63) is 42.4 Å². The second-order valence-corrected chi connectivity index (χ2v) is 10.2. The van der Waals surface area contributed by atoms with E-state index >= 15 is 0 Å². The van der Waals surface area contributed by atoms with Crippen LogP contribution in [0.1, 0.15) is 24.6 Å². The van der Waals surface area contributed by atoms with Crippen LogP contribution in [0.2, 0.25) is 0 Å². The van der Waals surface area contributed by atoms with Crippen molar-refractivity contribution in [2.75, 3.05) is 46.9 Å². The van der Waals surface area contributed by atoms with Crippen molar-refractivity contribution >= 4 is 15.9 Å². The average Bonchev–Trinajstić information content (AvgIpc) is 3.33. The number of benzene rings is 1. The fourth-order valence-corrected chi connectivity index (χ4v) is 5.54. The van der Waals surface area contributed by atoms with Crippen LogP contribution < -0.4 is 14.8 Å². The second kappa shape index (κ2) is 9.51. The maximum Gasteiger partial charge on any atom is 0.243 e. The lowest BCUT2D eigenvalue weighted by atomic mass is 9.97. The molecule has 32 heavy (non-hydrogen) atoms. The van der Waals surface area contributed by atoms with Crippen molar-refractivity contribution < 1.29 is 27.1 Å². The third kappa shape index (κ3) is 4.77. The quantitative estimate of drug-likeness (QED) is 0.669. The van der Waals surface area contributed by atoms with Crippen LogP contribution in [0, 0.1) is 5.92 Å². The van der Waals surface area contributed by atoms with Gasteiger partial charge in [0.05, 0.1) is 17.2 Å². The number of furan rings is 1. The van der Waals surface area contributed by atoms with Crippen LogP contribution in [0.3, 0.4) is 0 Å². The van der Waals surface area contributed by atoms with E-state index in [4.69, 9.17) is 13.9 Å². The van der Waals surface area contributed by atoms with Gasteiger partial charge in [0.25, 0.3) is 0 Å². The highest BCUT2D eigenvalue weighted by Crippen LogP contribution is 2.34. The summed E-state index contributed by atoms with van der Waals surface area (Å²) in [7, 11) is 0.198. The highest BCUT2D eigenvalue weighted by molar-refractivity contribution is 7.89. The SMILES string of the molecule is CN(C)C(CNC(=O)C1CCN(S(=O)(=O)c2ccc3c(c2)OCCO3)CC1)c1ccco1. The minimum atomic E-state index is -3.66. The second-order valence-electron chi connectivity index (χ2n) is 8.22. The molecule has 1 atom stereocenters. The lowest BCUT2D eigenvalue weighted by Crippen LogP contribution is -2.44. The van der Waals surface area contributed by atoms with Crippen LogP contribution in [0.15, 0.2) is 45.9 Å². The summed E-state index contributed by atoms with van der Waals surface area (Å²) in [4.78, 5) is 14.9. The van der Waals surface area contributed by atoms with E-state index in [-0.39, 0.29) is 22.8 Å². The monoisotopic (exact) mass is 463 g/mol. The van der Waals surface area contributed by atoms with Gasteiger partial charge >= 0.3 is 0 Å². The number of fused-ring (bicyclic) bond motifs is 1. The molecule has 0 saturated carbocycles. The first-order valence-electron chi connectivity index (χ1n) is 10.7. The number of nitrogens with zero attached hydrogens (tertiary/aromatic N) is 2. The number of likely N-dealkylation sites (N-methyl/N-ethyl adjacent to an activating group) is 1. The highest BCUT2D eigenvalue weighted by atomic mass is 32.2. The van der Waals surface area contributed by atoms with Crippen molar-refractivity contribution in [2.24, 2.45) is 5.92 Å². The lowest BCUT2D eigenvalue weighted by Gasteiger charge is -2.31. The van der Waals surface area contributed by atoms with Crippen molar-refractivity contribution in [2.45, 2.75) is 23.8 Å². The average molecular weight is 464 g/mol. The summed E-state index contributed by atoms with van der Waals surface area (Å²) < 4.78 is 44.1. The van der Waals surface area contributed by atoms with E-state index in [1.807, 2.05) is 31.1 Å². The maximum atomic E-state index is 13.1. The van der Waals surface area contributed by atoms with Crippen LogP contribution in [0.25, 0.3) is 0 Å². The number of rotatable bonds is 7. The molecule has 1 unspecified atom stereocenters. The molecule has 2 aromatic rings. The van der Waals surface area contributed by atoms with Gasteiger partial charge in [-0.05, 0) is 51.2 Å². The molecule has 10 heteroatoms. The number of carbonyl (C=O) groups is 1. The van der Waals surface area contributed by atoms with Gasteiger partial charge in [-0.3, -0.25) is 9.69 Å². The van der Waals surface area contributed by atoms with E-state index in [9.17, 15) is 13.2 Å². The van der Waals surface area contributed by atoms with Gasteiger partial charge in [0.2, 0.25) is 15.9 Å². The number of ether oxygens (including phenoxy) is 2. The zero-order chi connectivity index (χ0) is 22.7. The normalized spacial score (nSPS) is 18.5. The van der Waals surface area contributed by atoms with Gasteiger partial charge in [0.1, 0.15) is 19.0 Å². The Morgan fingerprint density at radius 1 is 1.16 bits per heavy atom. The van der Waals surface area contributed by atoms with Gasteiger partial charge in [0.15, 0.2) is 11.5 Å². The third-order valence-corrected chi connectivity index (χ3v) is 7.84. The Labute approximate surface area is 188 Å². The minimum absolute atomic E-state index is 0.0558. The van der Waals surface area contributed by atoms with E-state index in [0.717, 1.165) is 5.76 Å². The van der Waals surface area contributed by atoms with Gasteiger partial charge in [-0.2, -0.15) is 4.31 Å². The fraction of sp³-hybridized carbons (Fsp3) is 0.500. The number of hydrogen-bond acceptors (Lipinski definition) is 7. The largest absolute Gasteiger partial charge is 0.486 e. The van der Waals surface area contributed by atoms with Crippen molar-refractivity contribution in [1.82, 2.24) is 14.5 Å². The molecule has 2 aliphatic heterocycles. The zero-order valence-corrected chi connectivity index (χ0v) is 19.1. The summed E-state index contributed by atoms with van der Waals surface area (Å²) in [5.41, 5.74) is 0. The Morgan fingerprint density at radius 3 is 2.53 bits per heavy atom. The summed E-state index contributed by atoms with van der Waals surface area (Å²) in [6.45, 7) is 1.86. The van der Waals surface area contributed by atoms with E-state index in [0.29, 0.717) is 57.2 Å². The number of nitrogens with one attached hydrogen (secondary N) is 1. The molecular formula is C22H29N3O6S. The number of hydrogen-bond donors (Lipinski definition) is 1. The first-order valence-corrected chi connectivity index (χ1v) is 12.2. The van der Waals surface area contributed by atoms with E-state index < -0.39 is 10.0 Å². The Morgan fingerprint density at radius 2 is 1.88 bits per heavy atom. The van der Waals surface area contributed by atoms with Gasteiger partial charge in [0, 0.05) is 31.6 Å². The number of amides is 1. The summed E-state index contributed by atoms with van der Waals surface area (Å²) in [5, 5.41) is 3.00. The van der Waals surface area contributed by atoms with Crippen LogP contribution in [0.5, 0.6) is 11.5 Å². The maximum absolute atomic E-state index is 13.1. The smallest absolute Gasteiger partial charge is 0.243 e. The van der Waals surface area contributed by atoms with Gasteiger partial charge in [-0.1, -0.05) is 0 Å². The molecular weight excluding hydrogens is 434 g/mol.